The van der Waals surface area contributed by atoms with Crippen molar-refractivity contribution in [3.8, 4) is 5.75 Å². The molecule has 0 spiro atoms. The number of carbonyl (C=O) groups excluding carboxylic acids is 1. The van der Waals surface area contributed by atoms with Gasteiger partial charge in [-0.15, -0.1) is 0 Å². The fraction of sp³-hybridized carbons (Fsp3) is 0.500. The van der Waals surface area contributed by atoms with Gasteiger partial charge in [0.15, 0.2) is 0 Å². The van der Waals surface area contributed by atoms with Gasteiger partial charge >= 0.3 is 18.2 Å². The van der Waals surface area contributed by atoms with Crippen LogP contribution in [0.3, 0.4) is 0 Å². The number of carbonyl (C=O) groups is 2. The number of aliphatic carboxylic acids is 1. The van der Waals surface area contributed by atoms with Gasteiger partial charge in [0.25, 0.3) is 5.69 Å². The van der Waals surface area contributed by atoms with E-state index in [2.05, 4.69) is 0 Å². The molecule has 0 aromatic heterocycles. The Kier molecular flexibility index (Phi) is 13.5. The largest absolute Gasteiger partial charge is 0.489 e. The zero-order valence-electron chi connectivity index (χ0n) is 23.7. The summed E-state index contributed by atoms with van der Waals surface area (Å²) in [6.45, 7) is 8.53. The zero-order chi connectivity index (χ0) is 31.4. The zero-order valence-corrected chi connectivity index (χ0v) is 23.7. The Morgan fingerprint density at radius 2 is 1.68 bits per heavy atom. The summed E-state index contributed by atoms with van der Waals surface area (Å²) in [5.41, 5.74) is -2.40. The Bertz CT molecular complexity index is 1180. The van der Waals surface area contributed by atoms with Crippen molar-refractivity contribution in [3.63, 3.8) is 0 Å². The molecule has 0 unspecified atom stereocenters. The summed E-state index contributed by atoms with van der Waals surface area (Å²) in [6.07, 6.45) is -4.35. The predicted octanol–water partition coefficient (Wildman–Crippen LogP) is 7.74. The summed E-state index contributed by atoms with van der Waals surface area (Å²) in [4.78, 5) is 35.7. The lowest BCUT2D eigenvalue weighted by molar-refractivity contribution is -0.385. The van der Waals surface area contributed by atoms with Crippen LogP contribution in [0.25, 0.3) is 0 Å². The van der Waals surface area contributed by atoms with E-state index in [9.17, 15) is 37.3 Å². The van der Waals surface area contributed by atoms with Gasteiger partial charge in [-0.3, -0.25) is 14.9 Å². The maximum atomic E-state index is 13.6. The van der Waals surface area contributed by atoms with Gasteiger partial charge in [-0.05, 0) is 57.4 Å². The number of unbranched alkanes of at least 4 members (excludes halogenated alkanes) is 2. The normalized spacial score (nSPS) is 11.2. The maximum absolute atomic E-state index is 13.6. The minimum atomic E-state index is -4.91. The summed E-state index contributed by atoms with van der Waals surface area (Å²) >= 11 is 0. The molecule has 1 amide bonds. The Hall–Kier alpha value is -3.90. The number of carboxylic acid groups (broad SMARTS) is 1. The SMILES string of the molecule is CC.CC(C)(C)OC(=O)N(CCCCCC(=O)O)Cc1cc([N+](=O)[O-])ccc1OCc1ccc(F)c(C(F)(F)F)c1. The quantitative estimate of drug-likeness (QED) is 0.117. The molecule has 0 saturated carbocycles. The van der Waals surface area contributed by atoms with Crippen molar-refractivity contribution < 1.29 is 46.7 Å². The van der Waals surface area contributed by atoms with Crippen LogP contribution in [0.5, 0.6) is 5.75 Å². The molecule has 0 heterocycles. The molecule has 41 heavy (non-hydrogen) atoms. The molecule has 0 bridgehead atoms. The molecule has 0 radical (unpaired) electrons. The van der Waals surface area contributed by atoms with Crippen LogP contribution in [0.4, 0.5) is 28.0 Å². The van der Waals surface area contributed by atoms with E-state index >= 15 is 0 Å². The number of nitro groups is 1. The van der Waals surface area contributed by atoms with Crippen LogP contribution in [0.1, 0.15) is 77.0 Å². The van der Waals surface area contributed by atoms with Crippen molar-refractivity contribution in [1.29, 1.82) is 0 Å². The molecular weight excluding hydrogens is 552 g/mol. The molecule has 0 aliphatic rings. The lowest BCUT2D eigenvalue weighted by Gasteiger charge is -2.28. The first-order chi connectivity index (χ1) is 19.1. The molecule has 2 rings (SSSR count). The highest BCUT2D eigenvalue weighted by molar-refractivity contribution is 5.68. The first kappa shape index (κ1) is 35.1. The van der Waals surface area contributed by atoms with Crippen molar-refractivity contribution in [2.75, 3.05) is 6.54 Å². The van der Waals surface area contributed by atoms with Crippen molar-refractivity contribution in [2.45, 2.75) is 85.2 Å². The number of nitrogens with zero attached hydrogens (tertiary/aromatic N) is 2. The molecule has 0 aliphatic heterocycles. The fourth-order valence-electron chi connectivity index (χ4n) is 3.51. The third kappa shape index (κ3) is 12.4. The molecular formula is C28H36F4N2O7. The average Bonchev–Trinajstić information content (AvgIpc) is 2.86. The van der Waals surface area contributed by atoms with Gasteiger partial charge in [0.05, 0.1) is 17.0 Å². The Labute approximate surface area is 236 Å². The van der Waals surface area contributed by atoms with Crippen molar-refractivity contribution in [3.05, 3.63) is 69.0 Å². The van der Waals surface area contributed by atoms with Gasteiger partial charge in [0, 0.05) is 30.7 Å². The molecule has 228 valence electrons. The number of ether oxygens (including phenoxy) is 2. The summed E-state index contributed by atoms with van der Waals surface area (Å²) < 4.78 is 64.0. The molecule has 0 saturated heterocycles. The standard InChI is InChI=1S/C26H30F4N2O7.C2H6/c1-25(2,3)39-24(35)31(12-6-4-5-7-23(33)34)15-18-14-19(32(36)37)9-11-22(18)38-16-17-8-10-21(27)20(13-17)26(28,29)30;1-2/h8-11,13-14H,4-7,12,15-16H2,1-3H3,(H,33,34);1-2H3. The predicted molar refractivity (Wildman–Crippen MR) is 143 cm³/mol. The summed E-state index contributed by atoms with van der Waals surface area (Å²) in [7, 11) is 0. The van der Waals surface area contributed by atoms with Gasteiger partial charge < -0.3 is 19.5 Å². The summed E-state index contributed by atoms with van der Waals surface area (Å²) in [5, 5.41) is 20.2. The number of halogens is 4. The highest BCUT2D eigenvalue weighted by Crippen LogP contribution is 2.33. The van der Waals surface area contributed by atoms with Gasteiger partial charge in [0.2, 0.25) is 0 Å². The van der Waals surface area contributed by atoms with Gasteiger partial charge in [-0.2, -0.15) is 13.2 Å². The van der Waals surface area contributed by atoms with Crippen molar-refractivity contribution >= 4 is 17.7 Å². The molecule has 0 fully saturated rings. The number of alkyl halides is 3. The monoisotopic (exact) mass is 588 g/mol. The highest BCUT2D eigenvalue weighted by atomic mass is 19.4. The van der Waals surface area contributed by atoms with Gasteiger partial charge in [0.1, 0.15) is 23.8 Å². The minimum absolute atomic E-state index is 0.00968. The van der Waals surface area contributed by atoms with Crippen molar-refractivity contribution in [2.24, 2.45) is 0 Å². The first-order valence-electron chi connectivity index (χ1n) is 13.0. The van der Waals surface area contributed by atoms with Crippen molar-refractivity contribution in [1.82, 2.24) is 4.90 Å². The summed E-state index contributed by atoms with van der Waals surface area (Å²) in [6, 6.07) is 6.01. The molecule has 2 aromatic rings. The lowest BCUT2D eigenvalue weighted by Crippen LogP contribution is -2.37. The number of nitro benzene ring substituents is 1. The third-order valence-corrected chi connectivity index (χ3v) is 5.32. The van der Waals surface area contributed by atoms with E-state index < -0.39 is 46.8 Å². The van der Waals surface area contributed by atoms with E-state index in [1.54, 1.807) is 20.8 Å². The molecule has 13 heteroatoms. The molecule has 9 nitrogen and oxygen atoms in total. The van der Waals surface area contributed by atoms with E-state index in [0.717, 1.165) is 12.1 Å². The smallest absolute Gasteiger partial charge is 0.419 e. The van der Waals surface area contributed by atoms with E-state index in [1.165, 1.54) is 17.0 Å². The molecule has 2 aromatic carbocycles. The van der Waals surface area contributed by atoms with Crippen LogP contribution < -0.4 is 4.74 Å². The molecule has 0 aliphatic carbocycles. The topological polar surface area (TPSA) is 119 Å². The summed E-state index contributed by atoms with van der Waals surface area (Å²) in [5.74, 6) is -2.31. The van der Waals surface area contributed by atoms with E-state index in [-0.39, 0.29) is 42.1 Å². The van der Waals surface area contributed by atoms with Gasteiger partial charge in [-0.25, -0.2) is 9.18 Å². The number of carboxylic acids is 1. The van der Waals surface area contributed by atoms with E-state index in [0.29, 0.717) is 31.4 Å². The Morgan fingerprint density at radius 3 is 2.24 bits per heavy atom. The van der Waals surface area contributed by atoms with Crippen LogP contribution in [0, 0.1) is 15.9 Å². The molecule has 1 N–H and O–H groups in total. The second-order valence-corrected chi connectivity index (χ2v) is 9.76. The van der Waals surface area contributed by atoms with Crippen LogP contribution in [-0.2, 0) is 28.9 Å². The number of benzene rings is 2. The number of non-ortho nitro benzene ring substituents is 1. The second-order valence-electron chi connectivity index (χ2n) is 9.76. The minimum Gasteiger partial charge on any atom is -0.489 e. The Morgan fingerprint density at radius 1 is 1.02 bits per heavy atom. The van der Waals surface area contributed by atoms with Crippen LogP contribution >= 0.6 is 0 Å². The fourth-order valence-corrected chi connectivity index (χ4v) is 3.51. The lowest BCUT2D eigenvalue weighted by atomic mass is 10.1. The number of amides is 1. The number of rotatable bonds is 12. The average molecular weight is 589 g/mol. The van der Waals surface area contributed by atoms with Crippen LogP contribution in [-0.4, -0.2) is 39.1 Å². The molecule has 0 atom stereocenters. The first-order valence-corrected chi connectivity index (χ1v) is 13.0. The number of hydrogen-bond acceptors (Lipinski definition) is 6. The Balaban J connectivity index is 0.00000411. The van der Waals surface area contributed by atoms with Crippen LogP contribution in [0.15, 0.2) is 36.4 Å². The third-order valence-electron chi connectivity index (χ3n) is 5.32. The number of hydrogen-bond donors (Lipinski definition) is 1. The highest BCUT2D eigenvalue weighted by Gasteiger charge is 2.34. The van der Waals surface area contributed by atoms with Crippen LogP contribution in [0.2, 0.25) is 0 Å². The van der Waals surface area contributed by atoms with Gasteiger partial charge in [-0.1, -0.05) is 26.3 Å². The van der Waals surface area contributed by atoms with E-state index in [4.69, 9.17) is 14.6 Å². The maximum Gasteiger partial charge on any atom is 0.419 e. The van der Waals surface area contributed by atoms with E-state index in [1.807, 2.05) is 13.8 Å². The second kappa shape index (κ2) is 15.8.